The zero-order valence-corrected chi connectivity index (χ0v) is 9.15. The molecule has 0 atom stereocenters. The summed E-state index contributed by atoms with van der Waals surface area (Å²) in [5.74, 6) is 3.29. The molecule has 0 amide bonds. The summed E-state index contributed by atoms with van der Waals surface area (Å²) < 4.78 is 0.613. The molecule has 4 aliphatic rings. The Bertz CT molecular complexity index is 155. The highest BCUT2D eigenvalue weighted by atomic mass is 79.9. The van der Waals surface area contributed by atoms with Gasteiger partial charge >= 0.3 is 0 Å². The number of alkyl halides is 1. The first-order valence-electron chi connectivity index (χ1n) is 4.92. The van der Waals surface area contributed by atoms with Crippen LogP contribution in [0.2, 0.25) is 0 Å². The summed E-state index contributed by atoms with van der Waals surface area (Å²) in [5, 5.41) is 0. The van der Waals surface area contributed by atoms with Gasteiger partial charge in [-0.3, -0.25) is 0 Å². The predicted molar refractivity (Wildman–Crippen MR) is 54.9 cm³/mol. The Morgan fingerprint density at radius 3 is 1.42 bits per heavy atom. The third kappa shape index (κ3) is 1.24. The SMILES string of the molecule is BrC12CC3CC(CC(C3)C1)C2.N. The average molecular weight is 232 g/mol. The molecule has 0 saturated heterocycles. The molecule has 12 heavy (non-hydrogen) atoms. The van der Waals surface area contributed by atoms with Crippen molar-refractivity contribution in [3.8, 4) is 0 Å². The second kappa shape index (κ2) is 2.71. The highest BCUT2D eigenvalue weighted by Gasteiger charge is 2.49. The Morgan fingerprint density at radius 2 is 1.17 bits per heavy atom. The van der Waals surface area contributed by atoms with Crippen LogP contribution in [0.25, 0.3) is 0 Å². The van der Waals surface area contributed by atoms with Gasteiger partial charge < -0.3 is 6.15 Å². The zero-order valence-electron chi connectivity index (χ0n) is 7.56. The van der Waals surface area contributed by atoms with Gasteiger partial charge in [0.1, 0.15) is 0 Å². The first kappa shape index (κ1) is 9.01. The summed E-state index contributed by atoms with van der Waals surface area (Å²) in [4.78, 5) is 0. The van der Waals surface area contributed by atoms with E-state index in [1.807, 2.05) is 0 Å². The van der Waals surface area contributed by atoms with Crippen LogP contribution in [0.3, 0.4) is 0 Å². The van der Waals surface area contributed by atoms with Gasteiger partial charge in [0.15, 0.2) is 0 Å². The van der Waals surface area contributed by atoms with E-state index >= 15 is 0 Å². The van der Waals surface area contributed by atoms with Gasteiger partial charge in [-0.2, -0.15) is 0 Å². The van der Waals surface area contributed by atoms with Crippen molar-refractivity contribution in [2.24, 2.45) is 17.8 Å². The van der Waals surface area contributed by atoms with E-state index in [4.69, 9.17) is 0 Å². The molecule has 0 spiro atoms. The average Bonchev–Trinajstić information content (AvgIpc) is 1.79. The van der Waals surface area contributed by atoms with Gasteiger partial charge in [0.05, 0.1) is 0 Å². The van der Waals surface area contributed by atoms with Crippen molar-refractivity contribution < 1.29 is 0 Å². The quantitative estimate of drug-likeness (QED) is 0.637. The fourth-order valence-electron chi connectivity index (χ4n) is 4.00. The van der Waals surface area contributed by atoms with Gasteiger partial charge in [-0.25, -0.2) is 0 Å². The van der Waals surface area contributed by atoms with Gasteiger partial charge in [-0.15, -0.1) is 0 Å². The van der Waals surface area contributed by atoms with E-state index in [2.05, 4.69) is 15.9 Å². The molecule has 4 bridgehead atoms. The Labute approximate surface area is 83.0 Å². The van der Waals surface area contributed by atoms with E-state index in [0.717, 1.165) is 17.8 Å². The maximum absolute atomic E-state index is 3.96. The minimum absolute atomic E-state index is 0. The smallest absolute Gasteiger partial charge is 0.0266 e. The van der Waals surface area contributed by atoms with Crippen LogP contribution in [-0.2, 0) is 0 Å². The van der Waals surface area contributed by atoms with Gasteiger partial charge in [-0.05, 0) is 56.3 Å². The van der Waals surface area contributed by atoms with Crippen LogP contribution in [0, 0.1) is 17.8 Å². The van der Waals surface area contributed by atoms with Gasteiger partial charge in [0.25, 0.3) is 0 Å². The lowest BCUT2D eigenvalue weighted by atomic mass is 9.56. The van der Waals surface area contributed by atoms with Crippen LogP contribution in [0.4, 0.5) is 0 Å². The lowest BCUT2D eigenvalue weighted by Crippen LogP contribution is -2.46. The van der Waals surface area contributed by atoms with Crippen LogP contribution < -0.4 is 6.15 Å². The molecule has 4 fully saturated rings. The lowest BCUT2D eigenvalue weighted by Gasteiger charge is -2.54. The number of halogens is 1. The second-order valence-electron chi connectivity index (χ2n) is 5.07. The largest absolute Gasteiger partial charge is 0.344 e. The molecular weight excluding hydrogens is 214 g/mol. The maximum atomic E-state index is 3.96. The standard InChI is InChI=1S/C10H15Br.H3N/c11-10-4-7-1-8(5-10)3-9(2-7)6-10;/h7-9H,1-6H2;1H3. The molecule has 4 aliphatic carbocycles. The van der Waals surface area contributed by atoms with E-state index in [9.17, 15) is 0 Å². The Hall–Kier alpha value is 0.440. The Morgan fingerprint density at radius 1 is 0.833 bits per heavy atom. The van der Waals surface area contributed by atoms with Crippen molar-refractivity contribution in [3.63, 3.8) is 0 Å². The van der Waals surface area contributed by atoms with Crippen molar-refractivity contribution in [3.05, 3.63) is 0 Å². The summed E-state index contributed by atoms with van der Waals surface area (Å²) in [5.41, 5.74) is 0. The van der Waals surface area contributed by atoms with Gasteiger partial charge in [0, 0.05) is 4.32 Å². The van der Waals surface area contributed by atoms with Crippen LogP contribution >= 0.6 is 15.9 Å². The minimum atomic E-state index is 0. The second-order valence-corrected chi connectivity index (χ2v) is 6.75. The number of hydrogen-bond acceptors (Lipinski definition) is 1. The van der Waals surface area contributed by atoms with Crippen LogP contribution in [0.15, 0.2) is 0 Å². The van der Waals surface area contributed by atoms with E-state index in [0.29, 0.717) is 4.32 Å². The third-order valence-electron chi connectivity index (χ3n) is 3.96. The fourth-order valence-corrected chi connectivity index (χ4v) is 5.38. The van der Waals surface area contributed by atoms with E-state index in [1.165, 1.54) is 19.3 Å². The third-order valence-corrected chi connectivity index (χ3v) is 4.93. The number of hydrogen-bond donors (Lipinski definition) is 1. The highest BCUT2D eigenvalue weighted by Crippen LogP contribution is 2.58. The van der Waals surface area contributed by atoms with E-state index in [1.54, 1.807) is 19.3 Å². The summed E-state index contributed by atoms with van der Waals surface area (Å²) >= 11 is 3.96. The highest BCUT2D eigenvalue weighted by molar-refractivity contribution is 9.10. The summed E-state index contributed by atoms with van der Waals surface area (Å²) in [7, 11) is 0. The van der Waals surface area contributed by atoms with Crippen molar-refractivity contribution in [2.45, 2.75) is 42.8 Å². The topological polar surface area (TPSA) is 35.0 Å². The van der Waals surface area contributed by atoms with Crippen molar-refractivity contribution >= 4 is 15.9 Å². The maximum Gasteiger partial charge on any atom is 0.0266 e. The molecule has 2 heteroatoms. The molecule has 0 heterocycles. The van der Waals surface area contributed by atoms with Crippen LogP contribution in [0.5, 0.6) is 0 Å². The van der Waals surface area contributed by atoms with Gasteiger partial charge in [-0.1, -0.05) is 15.9 Å². The first-order chi connectivity index (χ1) is 5.23. The molecule has 4 saturated carbocycles. The van der Waals surface area contributed by atoms with Crippen LogP contribution in [0.1, 0.15) is 38.5 Å². The molecule has 4 rings (SSSR count). The molecule has 3 N–H and O–H groups in total. The molecule has 0 radical (unpaired) electrons. The summed E-state index contributed by atoms with van der Waals surface area (Å²) in [6, 6.07) is 0. The molecule has 0 aromatic carbocycles. The normalized spacial score (nSPS) is 55.2. The Kier molecular flexibility index (Phi) is 2.04. The molecule has 1 nitrogen and oxygen atoms in total. The van der Waals surface area contributed by atoms with Crippen molar-refractivity contribution in [1.82, 2.24) is 6.15 Å². The fraction of sp³-hybridized carbons (Fsp3) is 1.00. The zero-order chi connectivity index (χ0) is 7.47. The van der Waals surface area contributed by atoms with E-state index < -0.39 is 0 Å². The summed E-state index contributed by atoms with van der Waals surface area (Å²) in [6.45, 7) is 0. The first-order valence-corrected chi connectivity index (χ1v) is 5.72. The predicted octanol–water partition coefficient (Wildman–Crippen LogP) is 3.51. The summed E-state index contributed by atoms with van der Waals surface area (Å²) in [6.07, 6.45) is 9.14. The lowest BCUT2D eigenvalue weighted by molar-refractivity contribution is 0.0414. The molecular formula is C10H18BrN. The molecule has 0 aromatic heterocycles. The van der Waals surface area contributed by atoms with Crippen LogP contribution in [-0.4, -0.2) is 4.32 Å². The van der Waals surface area contributed by atoms with Crippen molar-refractivity contribution in [1.29, 1.82) is 0 Å². The minimum Gasteiger partial charge on any atom is -0.344 e. The monoisotopic (exact) mass is 231 g/mol. The molecule has 0 aromatic rings. The number of rotatable bonds is 0. The van der Waals surface area contributed by atoms with Crippen molar-refractivity contribution in [2.75, 3.05) is 0 Å². The molecule has 70 valence electrons. The molecule has 0 unspecified atom stereocenters. The van der Waals surface area contributed by atoms with Gasteiger partial charge in [0.2, 0.25) is 0 Å². The molecule has 0 aliphatic heterocycles. The Balaban J connectivity index is 0.000000563. The van der Waals surface area contributed by atoms with E-state index in [-0.39, 0.29) is 6.15 Å².